The molecule has 3 heterocycles. The number of aromatic nitrogens is 2. The van der Waals surface area contributed by atoms with E-state index in [-0.39, 0.29) is 5.56 Å². The minimum atomic E-state index is -1.03. The number of aryl methyl sites for hydroxylation is 1. The highest BCUT2D eigenvalue weighted by molar-refractivity contribution is 5.96. The van der Waals surface area contributed by atoms with Crippen molar-refractivity contribution < 1.29 is 19.8 Å². The standard InChI is InChI=1S/C22H24N4O4/c1-24-14-18(17-11-16(21(27)28)4-5-19(17)24)20(22(29)30)26-9-7-25(8-10-26)13-15-3-2-6-23-12-15/h2-6,11-12,14,20H,7-10,13H2,1H3,(H,27,28)(H,29,30)/t20-/m1/s1. The quantitative estimate of drug-likeness (QED) is 0.645. The highest BCUT2D eigenvalue weighted by Gasteiger charge is 2.32. The molecule has 1 aliphatic heterocycles. The highest BCUT2D eigenvalue weighted by Crippen LogP contribution is 2.31. The van der Waals surface area contributed by atoms with Gasteiger partial charge >= 0.3 is 11.9 Å². The molecule has 0 spiro atoms. The van der Waals surface area contributed by atoms with Crippen molar-refractivity contribution in [1.82, 2.24) is 19.4 Å². The van der Waals surface area contributed by atoms with E-state index in [4.69, 9.17) is 0 Å². The van der Waals surface area contributed by atoms with E-state index in [9.17, 15) is 19.8 Å². The largest absolute Gasteiger partial charge is 0.480 e. The molecule has 1 saturated heterocycles. The van der Waals surface area contributed by atoms with Crippen LogP contribution in [0, 0.1) is 0 Å². The van der Waals surface area contributed by atoms with Gasteiger partial charge in [0.15, 0.2) is 0 Å². The third kappa shape index (κ3) is 3.92. The first-order valence-corrected chi connectivity index (χ1v) is 9.84. The van der Waals surface area contributed by atoms with Gasteiger partial charge in [0, 0.05) is 74.8 Å². The Morgan fingerprint density at radius 2 is 1.90 bits per heavy atom. The fourth-order valence-electron chi connectivity index (χ4n) is 4.19. The summed E-state index contributed by atoms with van der Waals surface area (Å²) in [5, 5.41) is 20.1. The summed E-state index contributed by atoms with van der Waals surface area (Å²) < 4.78 is 1.85. The van der Waals surface area contributed by atoms with Gasteiger partial charge in [-0.15, -0.1) is 0 Å². The SMILES string of the molecule is Cn1cc([C@H](C(=O)O)N2CCN(Cc3cccnc3)CC2)c2cc(C(=O)O)ccc21. The summed E-state index contributed by atoms with van der Waals surface area (Å²) in [7, 11) is 1.84. The van der Waals surface area contributed by atoms with Gasteiger partial charge in [-0.05, 0) is 29.8 Å². The first kappa shape index (κ1) is 20.1. The molecule has 3 aromatic rings. The Balaban J connectivity index is 1.57. The van der Waals surface area contributed by atoms with Crippen LogP contribution in [0.15, 0.2) is 48.9 Å². The number of nitrogens with zero attached hydrogens (tertiary/aromatic N) is 4. The van der Waals surface area contributed by atoms with Gasteiger partial charge in [0.25, 0.3) is 0 Å². The molecule has 1 aromatic carbocycles. The van der Waals surface area contributed by atoms with E-state index in [1.165, 1.54) is 0 Å². The van der Waals surface area contributed by atoms with Gasteiger partial charge in [-0.25, -0.2) is 4.79 Å². The number of carboxylic acid groups (broad SMARTS) is 2. The summed E-state index contributed by atoms with van der Waals surface area (Å²) in [6, 6.07) is 7.97. The number of aromatic carboxylic acids is 1. The van der Waals surface area contributed by atoms with Crippen molar-refractivity contribution in [3.8, 4) is 0 Å². The van der Waals surface area contributed by atoms with Crippen molar-refractivity contribution in [2.75, 3.05) is 26.2 Å². The maximum absolute atomic E-state index is 12.3. The number of carbonyl (C=O) groups is 2. The fourth-order valence-corrected chi connectivity index (χ4v) is 4.19. The summed E-state index contributed by atoms with van der Waals surface area (Å²) >= 11 is 0. The lowest BCUT2D eigenvalue weighted by atomic mass is 10.0. The average Bonchev–Trinajstić information content (AvgIpc) is 3.05. The first-order valence-electron chi connectivity index (χ1n) is 9.84. The molecule has 8 nitrogen and oxygen atoms in total. The van der Waals surface area contributed by atoms with Crippen LogP contribution in [0.1, 0.15) is 27.5 Å². The van der Waals surface area contributed by atoms with Gasteiger partial charge in [0.2, 0.25) is 0 Å². The number of pyridine rings is 1. The maximum Gasteiger partial charge on any atom is 0.335 e. The molecule has 1 fully saturated rings. The second kappa shape index (κ2) is 8.25. The molecule has 156 valence electrons. The molecule has 0 aliphatic carbocycles. The molecule has 0 unspecified atom stereocenters. The fraction of sp³-hybridized carbons (Fsp3) is 0.318. The molecule has 8 heteroatoms. The van der Waals surface area contributed by atoms with Crippen LogP contribution in [0.25, 0.3) is 10.9 Å². The number of hydrogen-bond acceptors (Lipinski definition) is 5. The zero-order valence-corrected chi connectivity index (χ0v) is 16.7. The van der Waals surface area contributed by atoms with Crippen LogP contribution in [0.2, 0.25) is 0 Å². The van der Waals surface area contributed by atoms with Crippen LogP contribution in [-0.4, -0.2) is 67.7 Å². The van der Waals surface area contributed by atoms with E-state index >= 15 is 0 Å². The van der Waals surface area contributed by atoms with E-state index in [1.807, 2.05) is 34.8 Å². The van der Waals surface area contributed by atoms with Crippen LogP contribution < -0.4 is 0 Å². The Bertz CT molecular complexity index is 1070. The summed E-state index contributed by atoms with van der Waals surface area (Å²) in [5.41, 5.74) is 2.73. The Morgan fingerprint density at radius 1 is 1.13 bits per heavy atom. The van der Waals surface area contributed by atoms with Crippen molar-refractivity contribution in [2.45, 2.75) is 12.6 Å². The Morgan fingerprint density at radius 3 is 2.53 bits per heavy atom. The number of fused-ring (bicyclic) bond motifs is 1. The van der Waals surface area contributed by atoms with Crippen LogP contribution in [0.5, 0.6) is 0 Å². The van der Waals surface area contributed by atoms with Crippen LogP contribution in [0.4, 0.5) is 0 Å². The predicted octanol–water partition coefficient (Wildman–Crippen LogP) is 2.21. The molecule has 0 radical (unpaired) electrons. The van der Waals surface area contributed by atoms with Gasteiger partial charge in [0.05, 0.1) is 5.56 Å². The molecule has 2 aromatic heterocycles. The van der Waals surface area contributed by atoms with Crippen LogP contribution >= 0.6 is 0 Å². The number of hydrogen-bond donors (Lipinski definition) is 2. The van der Waals surface area contributed by atoms with Gasteiger partial charge in [0.1, 0.15) is 6.04 Å². The number of carboxylic acids is 2. The smallest absolute Gasteiger partial charge is 0.335 e. The van der Waals surface area contributed by atoms with Crippen molar-refractivity contribution in [2.24, 2.45) is 7.05 Å². The second-order valence-corrected chi connectivity index (χ2v) is 7.65. The summed E-state index contributed by atoms with van der Waals surface area (Å²) in [6.07, 6.45) is 5.40. The lowest BCUT2D eigenvalue weighted by Crippen LogP contribution is -2.48. The zero-order chi connectivity index (χ0) is 21.3. The summed E-state index contributed by atoms with van der Waals surface area (Å²) in [5.74, 6) is -1.95. The Hall–Kier alpha value is -3.23. The summed E-state index contributed by atoms with van der Waals surface area (Å²) in [4.78, 5) is 32.1. The highest BCUT2D eigenvalue weighted by atomic mass is 16.4. The predicted molar refractivity (Wildman–Crippen MR) is 111 cm³/mol. The maximum atomic E-state index is 12.3. The number of rotatable bonds is 6. The van der Waals surface area contributed by atoms with E-state index < -0.39 is 18.0 Å². The normalized spacial score (nSPS) is 16.6. The number of benzene rings is 1. The number of aliphatic carboxylic acids is 1. The molecular weight excluding hydrogens is 384 g/mol. The van der Waals surface area contributed by atoms with Crippen LogP contribution in [-0.2, 0) is 18.4 Å². The Labute approximate surface area is 174 Å². The average molecular weight is 408 g/mol. The van der Waals surface area contributed by atoms with E-state index in [1.54, 1.807) is 30.6 Å². The van der Waals surface area contributed by atoms with Gasteiger partial charge in [-0.2, -0.15) is 0 Å². The van der Waals surface area contributed by atoms with E-state index in [0.29, 0.717) is 24.0 Å². The molecule has 1 aliphatic rings. The first-order chi connectivity index (χ1) is 14.4. The minimum Gasteiger partial charge on any atom is -0.480 e. The van der Waals surface area contributed by atoms with Gasteiger partial charge < -0.3 is 14.8 Å². The Kier molecular flexibility index (Phi) is 5.52. The van der Waals surface area contributed by atoms with E-state index in [2.05, 4.69) is 9.88 Å². The third-order valence-electron chi connectivity index (χ3n) is 5.70. The minimum absolute atomic E-state index is 0.153. The molecule has 2 N–H and O–H groups in total. The van der Waals surface area contributed by atoms with Crippen molar-refractivity contribution in [3.05, 3.63) is 65.6 Å². The van der Waals surface area contributed by atoms with Crippen molar-refractivity contribution in [1.29, 1.82) is 0 Å². The molecular formula is C22H24N4O4. The third-order valence-corrected chi connectivity index (χ3v) is 5.70. The number of piperazine rings is 1. The van der Waals surface area contributed by atoms with Gasteiger partial charge in [-0.3, -0.25) is 19.6 Å². The lowest BCUT2D eigenvalue weighted by Gasteiger charge is -2.37. The molecule has 0 saturated carbocycles. The van der Waals surface area contributed by atoms with Crippen molar-refractivity contribution in [3.63, 3.8) is 0 Å². The van der Waals surface area contributed by atoms with Gasteiger partial charge in [-0.1, -0.05) is 6.07 Å². The lowest BCUT2D eigenvalue weighted by molar-refractivity contribution is -0.144. The van der Waals surface area contributed by atoms with E-state index in [0.717, 1.165) is 30.7 Å². The summed E-state index contributed by atoms with van der Waals surface area (Å²) in [6.45, 7) is 3.53. The molecule has 30 heavy (non-hydrogen) atoms. The molecule has 0 bridgehead atoms. The zero-order valence-electron chi connectivity index (χ0n) is 16.7. The molecule has 0 amide bonds. The van der Waals surface area contributed by atoms with Crippen molar-refractivity contribution >= 4 is 22.8 Å². The molecule has 4 rings (SSSR count). The monoisotopic (exact) mass is 408 g/mol. The molecule has 1 atom stereocenters. The second-order valence-electron chi connectivity index (χ2n) is 7.65. The van der Waals surface area contributed by atoms with Crippen LogP contribution in [0.3, 0.4) is 0 Å². The topological polar surface area (TPSA) is 98.9 Å².